The Morgan fingerprint density at radius 3 is 2.41 bits per heavy atom. The van der Waals surface area contributed by atoms with Crippen molar-refractivity contribution in [2.24, 2.45) is 17.1 Å². The summed E-state index contributed by atoms with van der Waals surface area (Å²) in [6.07, 6.45) is 3.95. The largest absolute Gasteiger partial charge is 0.329 e. The summed E-state index contributed by atoms with van der Waals surface area (Å²) in [5.41, 5.74) is 7.02. The minimum Gasteiger partial charge on any atom is -0.329 e. The molecule has 0 spiro atoms. The molecule has 1 saturated carbocycles. The van der Waals surface area contributed by atoms with E-state index in [4.69, 9.17) is 5.73 Å². The summed E-state index contributed by atoms with van der Waals surface area (Å²) in [6, 6.07) is 0. The lowest BCUT2D eigenvalue weighted by Gasteiger charge is -2.54. The van der Waals surface area contributed by atoms with E-state index in [1.165, 1.54) is 43.9 Å². The number of nitrogens with zero attached hydrogens (tertiary/aromatic N) is 1. The maximum atomic E-state index is 6.20. The monoisotopic (exact) mass is 256 g/mol. The molecule has 1 heterocycles. The predicted molar refractivity (Wildman–Crippen MR) is 77.5 cm³/mol. The van der Waals surface area contributed by atoms with Crippen LogP contribution in [-0.2, 0) is 0 Å². The summed E-state index contributed by atoms with van der Waals surface area (Å²) < 4.78 is 0. The molecule has 1 saturated heterocycles. The van der Waals surface area contributed by atoms with Crippen LogP contribution in [0.1, 0.15) is 40.0 Å². The van der Waals surface area contributed by atoms with E-state index in [1.54, 1.807) is 0 Å². The van der Waals surface area contributed by atoms with Crippen LogP contribution in [0.4, 0.5) is 0 Å². The standard InChI is InChI=1S/C14H28N2S/c1-12-10-13(2,3)4-5-14(12,11-15)16-6-8-17-9-7-16/h12H,4-11,15H2,1-3H3. The van der Waals surface area contributed by atoms with Crippen LogP contribution in [0.15, 0.2) is 0 Å². The number of nitrogens with two attached hydrogens (primary N) is 1. The summed E-state index contributed by atoms with van der Waals surface area (Å²) >= 11 is 2.09. The molecule has 0 amide bonds. The van der Waals surface area contributed by atoms with E-state index >= 15 is 0 Å². The number of rotatable bonds is 2. The number of hydrogen-bond donors (Lipinski definition) is 1. The lowest BCUT2D eigenvalue weighted by molar-refractivity contribution is -0.0168. The molecule has 17 heavy (non-hydrogen) atoms. The van der Waals surface area contributed by atoms with Gasteiger partial charge in [-0.3, -0.25) is 4.90 Å². The first kappa shape index (κ1) is 13.7. The second-order valence-corrected chi connectivity index (χ2v) is 7.90. The van der Waals surface area contributed by atoms with E-state index in [9.17, 15) is 0 Å². The predicted octanol–water partition coefficient (Wildman–Crippen LogP) is 2.58. The number of thioether (sulfide) groups is 1. The highest BCUT2D eigenvalue weighted by Gasteiger charge is 2.46. The zero-order chi connectivity index (χ0) is 12.5. The third kappa shape index (κ3) is 2.66. The minimum atomic E-state index is 0.302. The maximum Gasteiger partial charge on any atom is 0.0358 e. The molecule has 2 N–H and O–H groups in total. The molecule has 2 fully saturated rings. The smallest absolute Gasteiger partial charge is 0.0358 e. The molecule has 2 atom stereocenters. The molecule has 1 aliphatic carbocycles. The van der Waals surface area contributed by atoms with Crippen LogP contribution in [0, 0.1) is 11.3 Å². The Balaban J connectivity index is 2.13. The van der Waals surface area contributed by atoms with Gasteiger partial charge in [0, 0.05) is 36.7 Å². The summed E-state index contributed by atoms with van der Waals surface area (Å²) in [7, 11) is 0. The highest BCUT2D eigenvalue weighted by molar-refractivity contribution is 7.99. The van der Waals surface area contributed by atoms with Crippen molar-refractivity contribution < 1.29 is 0 Å². The Morgan fingerprint density at radius 2 is 1.88 bits per heavy atom. The molecule has 0 aromatic heterocycles. The molecule has 0 aromatic carbocycles. The van der Waals surface area contributed by atoms with Crippen LogP contribution >= 0.6 is 11.8 Å². The summed E-state index contributed by atoms with van der Waals surface area (Å²) in [5.74, 6) is 3.31. The van der Waals surface area contributed by atoms with Crippen LogP contribution in [-0.4, -0.2) is 41.6 Å². The fourth-order valence-corrected chi connectivity index (χ4v) is 4.74. The van der Waals surface area contributed by atoms with Crippen molar-refractivity contribution in [1.29, 1.82) is 0 Å². The van der Waals surface area contributed by atoms with E-state index in [0.717, 1.165) is 12.5 Å². The van der Waals surface area contributed by atoms with Gasteiger partial charge < -0.3 is 5.73 Å². The molecule has 0 aromatic rings. The third-order valence-electron chi connectivity index (χ3n) is 5.01. The van der Waals surface area contributed by atoms with E-state index < -0.39 is 0 Å². The molecule has 2 rings (SSSR count). The zero-order valence-corrected chi connectivity index (χ0v) is 12.5. The Kier molecular flexibility index (Phi) is 4.11. The lowest BCUT2D eigenvalue weighted by atomic mass is 9.63. The summed E-state index contributed by atoms with van der Waals surface area (Å²) in [6.45, 7) is 10.6. The van der Waals surface area contributed by atoms with Crippen molar-refractivity contribution in [3.63, 3.8) is 0 Å². The fraction of sp³-hybridized carbons (Fsp3) is 1.00. The Bertz CT molecular complexity index is 261. The van der Waals surface area contributed by atoms with Gasteiger partial charge >= 0.3 is 0 Å². The van der Waals surface area contributed by atoms with Gasteiger partial charge in [0.15, 0.2) is 0 Å². The Labute approximate surface area is 111 Å². The quantitative estimate of drug-likeness (QED) is 0.823. The molecular formula is C14H28N2S. The first-order valence-corrected chi connectivity index (χ1v) is 8.18. The van der Waals surface area contributed by atoms with Crippen molar-refractivity contribution >= 4 is 11.8 Å². The Morgan fingerprint density at radius 1 is 1.24 bits per heavy atom. The van der Waals surface area contributed by atoms with Gasteiger partial charge in [0.25, 0.3) is 0 Å². The number of hydrogen-bond acceptors (Lipinski definition) is 3. The molecule has 2 aliphatic rings. The molecule has 0 bridgehead atoms. The topological polar surface area (TPSA) is 29.3 Å². The van der Waals surface area contributed by atoms with Gasteiger partial charge in [-0.2, -0.15) is 11.8 Å². The SMILES string of the molecule is CC1CC(C)(C)CCC1(CN)N1CCSCC1. The molecule has 0 radical (unpaired) electrons. The van der Waals surface area contributed by atoms with Gasteiger partial charge in [0.2, 0.25) is 0 Å². The molecule has 100 valence electrons. The minimum absolute atomic E-state index is 0.302. The van der Waals surface area contributed by atoms with E-state index in [2.05, 4.69) is 37.4 Å². The van der Waals surface area contributed by atoms with Gasteiger partial charge in [-0.25, -0.2) is 0 Å². The highest BCUT2D eigenvalue weighted by Crippen LogP contribution is 2.46. The van der Waals surface area contributed by atoms with Crippen molar-refractivity contribution in [3.8, 4) is 0 Å². The second-order valence-electron chi connectivity index (χ2n) is 6.68. The van der Waals surface area contributed by atoms with E-state index in [-0.39, 0.29) is 0 Å². The van der Waals surface area contributed by atoms with Gasteiger partial charge in [0.1, 0.15) is 0 Å². The molecule has 2 nitrogen and oxygen atoms in total. The summed E-state index contributed by atoms with van der Waals surface area (Å²) in [5, 5.41) is 0. The van der Waals surface area contributed by atoms with Crippen molar-refractivity contribution in [3.05, 3.63) is 0 Å². The highest BCUT2D eigenvalue weighted by atomic mass is 32.2. The van der Waals surface area contributed by atoms with Gasteiger partial charge in [-0.15, -0.1) is 0 Å². The van der Waals surface area contributed by atoms with Crippen molar-refractivity contribution in [1.82, 2.24) is 4.90 Å². The van der Waals surface area contributed by atoms with Crippen LogP contribution in [0.25, 0.3) is 0 Å². The average Bonchev–Trinajstić information content (AvgIpc) is 2.30. The van der Waals surface area contributed by atoms with Gasteiger partial charge in [-0.05, 0) is 30.6 Å². The van der Waals surface area contributed by atoms with E-state index in [1.807, 2.05) is 0 Å². The van der Waals surface area contributed by atoms with Gasteiger partial charge in [0.05, 0.1) is 0 Å². The van der Waals surface area contributed by atoms with Crippen LogP contribution in [0.5, 0.6) is 0 Å². The molecule has 3 heteroatoms. The molecule has 1 aliphatic heterocycles. The first-order valence-electron chi connectivity index (χ1n) is 7.03. The third-order valence-corrected chi connectivity index (χ3v) is 5.95. The second kappa shape index (κ2) is 5.10. The first-order chi connectivity index (χ1) is 8.00. The average molecular weight is 256 g/mol. The maximum absolute atomic E-state index is 6.20. The molecule has 2 unspecified atom stereocenters. The normalized spacial score (nSPS) is 39.2. The van der Waals surface area contributed by atoms with Crippen LogP contribution in [0.3, 0.4) is 0 Å². The Hall–Kier alpha value is 0.270. The van der Waals surface area contributed by atoms with E-state index in [0.29, 0.717) is 11.0 Å². The zero-order valence-electron chi connectivity index (χ0n) is 11.7. The van der Waals surface area contributed by atoms with Crippen molar-refractivity contribution in [2.75, 3.05) is 31.1 Å². The van der Waals surface area contributed by atoms with Crippen molar-refractivity contribution in [2.45, 2.75) is 45.6 Å². The fourth-order valence-electron chi connectivity index (χ4n) is 3.83. The summed E-state index contributed by atoms with van der Waals surface area (Å²) in [4.78, 5) is 2.71. The molecular weight excluding hydrogens is 228 g/mol. The van der Waals surface area contributed by atoms with Crippen LogP contribution in [0.2, 0.25) is 0 Å². The lowest BCUT2D eigenvalue weighted by Crippen LogP contribution is -2.62. The van der Waals surface area contributed by atoms with Gasteiger partial charge in [-0.1, -0.05) is 20.8 Å². The van der Waals surface area contributed by atoms with Crippen LogP contribution < -0.4 is 5.73 Å².